The fourth-order valence-corrected chi connectivity index (χ4v) is 4.24. The van der Waals surface area contributed by atoms with Gasteiger partial charge in [-0.1, -0.05) is 24.6 Å². The smallest absolute Gasteiger partial charge is 0.252 e. The van der Waals surface area contributed by atoms with Gasteiger partial charge in [-0.25, -0.2) is 0 Å². The van der Waals surface area contributed by atoms with E-state index in [0.717, 1.165) is 25.7 Å². The first-order valence-corrected chi connectivity index (χ1v) is 8.22. The van der Waals surface area contributed by atoms with Crippen LogP contribution >= 0.6 is 12.4 Å². The molecule has 3 N–H and O–H groups in total. The van der Waals surface area contributed by atoms with Crippen LogP contribution in [0.5, 0.6) is 0 Å². The second-order valence-electron chi connectivity index (χ2n) is 6.78. The number of rotatable bonds is 3. The number of fused-ring (bicyclic) bond motifs is 2. The first kappa shape index (κ1) is 18.0. The van der Waals surface area contributed by atoms with Gasteiger partial charge in [-0.15, -0.1) is 12.4 Å². The molecule has 4 nitrogen and oxygen atoms in total. The highest BCUT2D eigenvalue weighted by atomic mass is 35.5. The maximum absolute atomic E-state index is 12.7. The summed E-state index contributed by atoms with van der Waals surface area (Å²) in [6, 6.07) is 7.53. The number of carbonyl (C=O) groups is 2. The monoisotopic (exact) mass is 336 g/mol. The number of hydrogen-bond donors (Lipinski definition) is 2. The largest absolute Gasteiger partial charge is 0.349 e. The van der Waals surface area contributed by atoms with E-state index in [1.807, 2.05) is 0 Å². The zero-order chi connectivity index (χ0) is 15.7. The van der Waals surface area contributed by atoms with Crippen molar-refractivity contribution in [3.8, 4) is 0 Å². The van der Waals surface area contributed by atoms with Gasteiger partial charge in [0.25, 0.3) is 5.91 Å². The van der Waals surface area contributed by atoms with Crippen LogP contribution < -0.4 is 11.1 Å². The van der Waals surface area contributed by atoms with Crippen molar-refractivity contribution >= 4 is 24.1 Å². The lowest BCUT2D eigenvalue weighted by molar-refractivity contribution is 0.0752. The maximum atomic E-state index is 12.7. The molecule has 0 aromatic heterocycles. The van der Waals surface area contributed by atoms with Crippen molar-refractivity contribution in [3.63, 3.8) is 0 Å². The molecule has 1 aromatic rings. The third kappa shape index (κ3) is 3.75. The quantitative estimate of drug-likeness (QED) is 0.833. The van der Waals surface area contributed by atoms with Gasteiger partial charge in [0.1, 0.15) is 0 Å². The number of nitrogens with one attached hydrogen (secondary N) is 1. The Kier molecular flexibility index (Phi) is 5.82. The van der Waals surface area contributed by atoms with Crippen molar-refractivity contribution in [2.45, 2.75) is 51.1 Å². The Bertz CT molecular complexity index is 576. The second kappa shape index (κ2) is 7.45. The summed E-state index contributed by atoms with van der Waals surface area (Å²) in [6.45, 7) is 1.50. The van der Waals surface area contributed by atoms with Gasteiger partial charge in [0.15, 0.2) is 5.78 Å². The number of nitrogens with two attached hydrogens (primary N) is 1. The number of carbonyl (C=O) groups excluding carboxylic acids is 2. The molecule has 0 heterocycles. The average Bonchev–Trinajstić information content (AvgIpc) is 2.48. The van der Waals surface area contributed by atoms with E-state index in [2.05, 4.69) is 5.32 Å². The highest BCUT2D eigenvalue weighted by molar-refractivity contribution is 6.07. The normalized spacial score (nSPS) is 29.3. The molecule has 3 rings (SSSR count). The zero-order valence-corrected chi connectivity index (χ0v) is 14.3. The van der Waals surface area contributed by atoms with Crippen molar-refractivity contribution < 1.29 is 9.59 Å². The molecular formula is C18H25ClN2O2. The molecule has 0 radical (unpaired) electrons. The molecule has 5 heteroatoms. The van der Waals surface area contributed by atoms with Crippen LogP contribution in [0.1, 0.15) is 59.7 Å². The second-order valence-corrected chi connectivity index (χ2v) is 6.78. The van der Waals surface area contributed by atoms with E-state index in [1.165, 1.54) is 13.3 Å². The number of halogens is 1. The van der Waals surface area contributed by atoms with Crippen molar-refractivity contribution in [1.82, 2.24) is 5.32 Å². The Morgan fingerprint density at radius 3 is 2.22 bits per heavy atom. The van der Waals surface area contributed by atoms with Crippen molar-refractivity contribution in [2.75, 3.05) is 0 Å². The van der Waals surface area contributed by atoms with Crippen molar-refractivity contribution in [1.29, 1.82) is 0 Å². The number of benzene rings is 1. The fourth-order valence-electron chi connectivity index (χ4n) is 4.24. The summed E-state index contributed by atoms with van der Waals surface area (Å²) in [5, 5.41) is 3.21. The summed E-state index contributed by atoms with van der Waals surface area (Å²) in [5.41, 5.74) is 7.12. The molecule has 0 saturated heterocycles. The molecular weight excluding hydrogens is 312 g/mol. The molecule has 1 amide bonds. The number of ketones is 1. The maximum Gasteiger partial charge on any atom is 0.252 e. The SMILES string of the molecule is CC(=O)c1ccccc1C(=O)NC1C2CCCC1CC(N)C2.Cl. The van der Waals surface area contributed by atoms with Crippen molar-refractivity contribution in [3.05, 3.63) is 35.4 Å². The Hall–Kier alpha value is -1.39. The predicted molar refractivity (Wildman–Crippen MR) is 93.0 cm³/mol. The molecule has 2 fully saturated rings. The van der Waals surface area contributed by atoms with Crippen LogP contribution in [0.4, 0.5) is 0 Å². The van der Waals surface area contributed by atoms with Gasteiger partial charge in [0, 0.05) is 17.6 Å². The van der Waals surface area contributed by atoms with E-state index in [-0.39, 0.29) is 36.2 Å². The molecule has 2 bridgehead atoms. The van der Waals surface area contributed by atoms with Crippen LogP contribution in [0.15, 0.2) is 24.3 Å². The van der Waals surface area contributed by atoms with Gasteiger partial charge in [-0.2, -0.15) is 0 Å². The van der Waals surface area contributed by atoms with E-state index in [4.69, 9.17) is 5.73 Å². The van der Waals surface area contributed by atoms with E-state index >= 15 is 0 Å². The Balaban J connectivity index is 0.00000192. The van der Waals surface area contributed by atoms with Crippen LogP contribution in [0.3, 0.4) is 0 Å². The molecule has 2 aliphatic rings. The van der Waals surface area contributed by atoms with Crippen LogP contribution in [-0.4, -0.2) is 23.8 Å². The summed E-state index contributed by atoms with van der Waals surface area (Å²) >= 11 is 0. The minimum absolute atomic E-state index is 0. The molecule has 2 unspecified atom stereocenters. The lowest BCUT2D eigenvalue weighted by Crippen LogP contribution is -2.53. The molecule has 1 aromatic carbocycles. The molecule has 2 saturated carbocycles. The highest BCUT2D eigenvalue weighted by Gasteiger charge is 2.40. The van der Waals surface area contributed by atoms with Gasteiger partial charge < -0.3 is 11.1 Å². The van der Waals surface area contributed by atoms with Crippen molar-refractivity contribution in [2.24, 2.45) is 17.6 Å². The summed E-state index contributed by atoms with van der Waals surface area (Å²) in [5.74, 6) is 0.770. The minimum atomic E-state index is -0.122. The number of hydrogen-bond acceptors (Lipinski definition) is 3. The molecule has 0 aliphatic heterocycles. The average molecular weight is 337 g/mol. The zero-order valence-electron chi connectivity index (χ0n) is 13.5. The van der Waals surface area contributed by atoms with Gasteiger partial charge in [-0.3, -0.25) is 9.59 Å². The minimum Gasteiger partial charge on any atom is -0.349 e. The molecule has 2 atom stereocenters. The highest BCUT2D eigenvalue weighted by Crippen LogP contribution is 2.39. The first-order valence-electron chi connectivity index (χ1n) is 8.22. The van der Waals surface area contributed by atoms with E-state index in [0.29, 0.717) is 23.0 Å². The lowest BCUT2D eigenvalue weighted by Gasteiger charge is -2.45. The Labute approximate surface area is 143 Å². The van der Waals surface area contributed by atoms with Crippen LogP contribution in [0.25, 0.3) is 0 Å². The van der Waals surface area contributed by atoms with Gasteiger partial charge in [0.2, 0.25) is 0 Å². The molecule has 126 valence electrons. The van der Waals surface area contributed by atoms with E-state index < -0.39 is 0 Å². The third-order valence-electron chi connectivity index (χ3n) is 5.23. The summed E-state index contributed by atoms with van der Waals surface area (Å²) in [7, 11) is 0. The Morgan fingerprint density at radius 1 is 1.09 bits per heavy atom. The molecule has 2 aliphatic carbocycles. The van der Waals surface area contributed by atoms with Crippen LogP contribution in [0, 0.1) is 11.8 Å². The summed E-state index contributed by atoms with van der Waals surface area (Å²) in [6.07, 6.45) is 5.51. The third-order valence-corrected chi connectivity index (χ3v) is 5.23. The van der Waals surface area contributed by atoms with Crippen LogP contribution in [0.2, 0.25) is 0 Å². The Morgan fingerprint density at radius 2 is 1.65 bits per heavy atom. The van der Waals surface area contributed by atoms with E-state index in [9.17, 15) is 9.59 Å². The molecule has 23 heavy (non-hydrogen) atoms. The summed E-state index contributed by atoms with van der Waals surface area (Å²) in [4.78, 5) is 24.4. The standard InChI is InChI=1S/C18H24N2O2.ClH/c1-11(21)15-7-2-3-8-16(15)18(22)20-17-12-5-4-6-13(17)10-14(19)9-12;/h2-3,7-8,12-14,17H,4-6,9-10,19H2,1H3,(H,20,22);1H. The topological polar surface area (TPSA) is 72.2 Å². The predicted octanol–water partition coefficient (Wildman–Crippen LogP) is 2.95. The van der Waals surface area contributed by atoms with E-state index in [1.54, 1.807) is 24.3 Å². The van der Waals surface area contributed by atoms with Crippen LogP contribution in [-0.2, 0) is 0 Å². The number of amides is 1. The van der Waals surface area contributed by atoms with Gasteiger partial charge >= 0.3 is 0 Å². The lowest BCUT2D eigenvalue weighted by atomic mass is 9.67. The fraction of sp³-hybridized carbons (Fsp3) is 0.556. The molecule has 0 spiro atoms. The van der Waals surface area contributed by atoms with Gasteiger partial charge in [-0.05, 0) is 50.5 Å². The van der Waals surface area contributed by atoms with Gasteiger partial charge in [0.05, 0.1) is 5.56 Å². The number of Topliss-reactive ketones (excluding diaryl/α,β-unsaturated/α-hetero) is 1. The summed E-state index contributed by atoms with van der Waals surface area (Å²) < 4.78 is 0. The first-order chi connectivity index (χ1) is 10.6.